The fourth-order valence-corrected chi connectivity index (χ4v) is 4.61. The summed E-state index contributed by atoms with van der Waals surface area (Å²) in [6.45, 7) is 2.79. The number of benzene rings is 1. The number of Topliss-reactive ketones (excluding diaryl/α,β-unsaturated/α-hetero) is 1. The van der Waals surface area contributed by atoms with Gasteiger partial charge in [0.1, 0.15) is 18.5 Å². The Balaban J connectivity index is 1.43. The van der Waals surface area contributed by atoms with Crippen molar-refractivity contribution in [3.63, 3.8) is 0 Å². The molecule has 9 heteroatoms. The molecule has 2 amide bonds. The average Bonchev–Trinajstić information content (AvgIpc) is 3.12. The molecular formula is C24H26ClN3O5. The molecule has 2 aliphatic heterocycles. The molecule has 2 saturated heterocycles. The Hall–Kier alpha value is -2.97. The second-order valence-electron chi connectivity index (χ2n) is 8.33. The van der Waals surface area contributed by atoms with E-state index in [2.05, 4.69) is 4.98 Å². The highest BCUT2D eigenvalue weighted by Crippen LogP contribution is 2.38. The van der Waals surface area contributed by atoms with Crippen molar-refractivity contribution >= 4 is 29.2 Å². The molecular weight excluding hydrogens is 446 g/mol. The summed E-state index contributed by atoms with van der Waals surface area (Å²) >= 11 is 5.99. The van der Waals surface area contributed by atoms with Crippen molar-refractivity contribution in [1.29, 1.82) is 0 Å². The Kier molecular flexibility index (Phi) is 6.95. The molecule has 8 nitrogen and oxygen atoms in total. The van der Waals surface area contributed by atoms with Crippen molar-refractivity contribution in [2.45, 2.75) is 25.5 Å². The minimum Gasteiger partial charge on any atom is -0.490 e. The molecule has 1 aromatic heterocycles. The summed E-state index contributed by atoms with van der Waals surface area (Å²) in [5, 5.41) is 0.456. The smallest absolute Gasteiger partial charge is 0.228 e. The molecule has 33 heavy (non-hydrogen) atoms. The minimum atomic E-state index is -0.480. The van der Waals surface area contributed by atoms with Crippen LogP contribution in [0, 0.1) is 5.92 Å². The van der Waals surface area contributed by atoms with Crippen LogP contribution in [0.15, 0.2) is 42.7 Å². The number of hydrogen-bond acceptors (Lipinski definition) is 6. The second kappa shape index (κ2) is 9.89. The zero-order valence-corrected chi connectivity index (χ0v) is 19.3. The first-order valence-corrected chi connectivity index (χ1v) is 11.2. The van der Waals surface area contributed by atoms with Crippen molar-refractivity contribution in [2.24, 2.45) is 5.92 Å². The first-order chi connectivity index (χ1) is 15.8. The number of ketones is 1. The van der Waals surface area contributed by atoms with Gasteiger partial charge in [-0.05, 0) is 36.8 Å². The number of pyridine rings is 1. The van der Waals surface area contributed by atoms with Gasteiger partial charge in [-0.3, -0.25) is 19.4 Å². The summed E-state index contributed by atoms with van der Waals surface area (Å²) < 4.78 is 11.7. The molecule has 0 spiro atoms. The van der Waals surface area contributed by atoms with E-state index >= 15 is 0 Å². The number of hydrogen-bond donors (Lipinski definition) is 0. The summed E-state index contributed by atoms with van der Waals surface area (Å²) in [5.74, 6) is -0.337. The van der Waals surface area contributed by atoms with Gasteiger partial charge in [-0.2, -0.15) is 0 Å². The predicted molar refractivity (Wildman–Crippen MR) is 121 cm³/mol. The number of morpholine rings is 1. The zero-order valence-electron chi connectivity index (χ0n) is 18.6. The van der Waals surface area contributed by atoms with Gasteiger partial charge in [0.2, 0.25) is 11.8 Å². The summed E-state index contributed by atoms with van der Waals surface area (Å²) in [6, 6.07) is 8.24. The molecule has 174 valence electrons. The van der Waals surface area contributed by atoms with Crippen LogP contribution in [-0.2, 0) is 14.3 Å². The molecule has 0 aliphatic carbocycles. The van der Waals surface area contributed by atoms with Crippen molar-refractivity contribution in [1.82, 2.24) is 14.8 Å². The third-order valence-corrected chi connectivity index (χ3v) is 6.36. The fourth-order valence-electron chi connectivity index (χ4n) is 4.44. The van der Waals surface area contributed by atoms with Gasteiger partial charge in [-0.25, -0.2) is 0 Å². The van der Waals surface area contributed by atoms with Crippen molar-refractivity contribution in [3.05, 3.63) is 58.9 Å². The monoisotopic (exact) mass is 471 g/mol. The Morgan fingerprint density at radius 3 is 2.85 bits per heavy atom. The zero-order chi connectivity index (χ0) is 23.5. The highest BCUT2D eigenvalue weighted by Gasteiger charge is 2.45. The Bertz CT molecular complexity index is 1050. The van der Waals surface area contributed by atoms with Crippen molar-refractivity contribution in [2.75, 3.05) is 33.4 Å². The molecule has 0 saturated carbocycles. The van der Waals surface area contributed by atoms with Gasteiger partial charge in [0.05, 0.1) is 30.7 Å². The molecule has 0 N–H and O–H groups in total. The third kappa shape index (κ3) is 5.02. The predicted octanol–water partition coefficient (Wildman–Crippen LogP) is 2.76. The van der Waals surface area contributed by atoms with Gasteiger partial charge in [0.15, 0.2) is 5.78 Å². The number of rotatable bonds is 6. The molecule has 3 heterocycles. The molecule has 3 unspecified atom stereocenters. The van der Waals surface area contributed by atoms with Crippen LogP contribution in [0.1, 0.15) is 35.3 Å². The van der Waals surface area contributed by atoms with Crippen LogP contribution in [0.4, 0.5) is 0 Å². The lowest BCUT2D eigenvalue weighted by molar-refractivity contribution is -0.145. The topological polar surface area (TPSA) is 89.0 Å². The fraction of sp³-hybridized carbons (Fsp3) is 0.417. The Labute approximate surface area is 197 Å². The van der Waals surface area contributed by atoms with E-state index in [0.29, 0.717) is 36.0 Å². The van der Waals surface area contributed by atoms with E-state index in [0.717, 1.165) is 5.56 Å². The van der Waals surface area contributed by atoms with E-state index in [1.807, 2.05) is 12.1 Å². The molecule has 2 aromatic rings. The lowest BCUT2D eigenvalue weighted by Crippen LogP contribution is -2.50. The first-order valence-electron chi connectivity index (χ1n) is 10.8. The van der Waals surface area contributed by atoms with E-state index in [9.17, 15) is 14.4 Å². The number of halogens is 1. The quantitative estimate of drug-likeness (QED) is 0.602. The van der Waals surface area contributed by atoms with Crippen LogP contribution in [0.25, 0.3) is 0 Å². The maximum Gasteiger partial charge on any atom is 0.228 e. The molecule has 1 aromatic carbocycles. The first kappa shape index (κ1) is 23.2. The minimum absolute atomic E-state index is 0.0603. The van der Waals surface area contributed by atoms with Gasteiger partial charge in [-0.1, -0.05) is 17.7 Å². The van der Waals surface area contributed by atoms with Crippen LogP contribution in [-0.4, -0.2) is 71.8 Å². The van der Waals surface area contributed by atoms with E-state index < -0.39 is 5.92 Å². The highest BCUT2D eigenvalue weighted by molar-refractivity contribution is 6.31. The normalized spacial score (nSPS) is 23.0. The number of carbonyl (C=O) groups is 3. The number of likely N-dealkylation sites (tertiary alicyclic amines) is 1. The van der Waals surface area contributed by atoms with Crippen LogP contribution in [0.2, 0.25) is 5.02 Å². The third-order valence-electron chi connectivity index (χ3n) is 6.13. The van der Waals surface area contributed by atoms with Gasteiger partial charge in [0, 0.05) is 37.4 Å². The molecule has 2 fully saturated rings. The van der Waals surface area contributed by atoms with Crippen LogP contribution in [0.3, 0.4) is 0 Å². The van der Waals surface area contributed by atoms with Crippen molar-refractivity contribution < 1.29 is 23.9 Å². The maximum atomic E-state index is 13.4. The number of amides is 2. The summed E-state index contributed by atoms with van der Waals surface area (Å²) in [6.07, 6.45) is 3.18. The molecule has 3 atom stereocenters. The van der Waals surface area contributed by atoms with Crippen LogP contribution < -0.4 is 4.74 Å². The summed E-state index contributed by atoms with van der Waals surface area (Å²) in [4.78, 5) is 45.3. The van der Waals surface area contributed by atoms with Crippen molar-refractivity contribution in [3.8, 4) is 5.75 Å². The summed E-state index contributed by atoms with van der Waals surface area (Å²) in [7, 11) is 1.72. The van der Waals surface area contributed by atoms with Gasteiger partial charge in [-0.15, -0.1) is 0 Å². The Morgan fingerprint density at radius 1 is 1.30 bits per heavy atom. The SMILES string of the molecule is CC(=O)c1cc(Cl)ccc1OCC1CN(C(=O)C2CC(=O)N(C)C2c2cccnc2)CCO1. The lowest BCUT2D eigenvalue weighted by atomic mass is 9.93. The highest BCUT2D eigenvalue weighted by atomic mass is 35.5. The molecule has 2 aliphatic rings. The Morgan fingerprint density at radius 2 is 2.12 bits per heavy atom. The number of aromatic nitrogens is 1. The van der Waals surface area contributed by atoms with E-state index in [4.69, 9.17) is 21.1 Å². The van der Waals surface area contributed by atoms with Gasteiger partial charge < -0.3 is 19.3 Å². The number of ether oxygens (including phenoxy) is 2. The van der Waals surface area contributed by atoms with E-state index in [-0.39, 0.29) is 42.8 Å². The maximum absolute atomic E-state index is 13.4. The summed E-state index contributed by atoms with van der Waals surface area (Å²) in [5.41, 5.74) is 1.25. The van der Waals surface area contributed by atoms with Crippen LogP contribution >= 0.6 is 11.6 Å². The molecule has 4 rings (SSSR count). The molecule has 0 bridgehead atoms. The number of nitrogens with zero attached hydrogens (tertiary/aromatic N) is 3. The lowest BCUT2D eigenvalue weighted by Gasteiger charge is -2.35. The van der Waals surface area contributed by atoms with E-state index in [1.165, 1.54) is 6.92 Å². The van der Waals surface area contributed by atoms with E-state index in [1.54, 1.807) is 47.4 Å². The van der Waals surface area contributed by atoms with Crippen LogP contribution in [0.5, 0.6) is 5.75 Å². The van der Waals surface area contributed by atoms with Gasteiger partial charge in [0.25, 0.3) is 0 Å². The largest absolute Gasteiger partial charge is 0.490 e. The molecule has 0 radical (unpaired) electrons. The average molecular weight is 472 g/mol. The number of carbonyl (C=O) groups excluding carboxylic acids is 3. The standard InChI is InChI=1S/C24H26ClN3O5/c1-15(29)19-10-17(25)5-6-21(19)33-14-18-13-28(8-9-32-18)24(31)20-11-22(30)27(2)23(20)16-4-3-7-26-12-16/h3-7,10,12,18,20,23H,8-9,11,13-14H2,1-2H3. The van der Waals surface area contributed by atoms with Gasteiger partial charge >= 0.3 is 0 Å². The second-order valence-corrected chi connectivity index (χ2v) is 8.77.